The molecule has 1 unspecified atom stereocenters. The highest BCUT2D eigenvalue weighted by molar-refractivity contribution is 6.08. The number of nitrogens with two attached hydrogens (primary N) is 1. The van der Waals surface area contributed by atoms with Gasteiger partial charge < -0.3 is 11.1 Å². The second-order valence-electron chi connectivity index (χ2n) is 5.33. The van der Waals surface area contributed by atoms with Gasteiger partial charge in [-0.3, -0.25) is 14.5 Å². The highest BCUT2D eigenvalue weighted by Gasteiger charge is 2.52. The summed E-state index contributed by atoms with van der Waals surface area (Å²) in [6.07, 6.45) is 5.22. The molecule has 1 saturated carbocycles. The van der Waals surface area contributed by atoms with Crippen LogP contribution in [0.5, 0.6) is 0 Å². The zero-order valence-corrected chi connectivity index (χ0v) is 10.6. The lowest BCUT2D eigenvalue weighted by atomic mass is 9.75. The summed E-state index contributed by atoms with van der Waals surface area (Å²) in [6, 6.07) is -0.508. The second-order valence-corrected chi connectivity index (χ2v) is 5.33. The smallest absolute Gasteiger partial charge is 0.325 e. The van der Waals surface area contributed by atoms with Crippen LogP contribution < -0.4 is 11.1 Å². The Balaban J connectivity index is 2.16. The first kappa shape index (κ1) is 12.9. The van der Waals surface area contributed by atoms with Gasteiger partial charge in [0.05, 0.1) is 0 Å². The van der Waals surface area contributed by atoms with Crippen molar-refractivity contribution in [2.75, 3.05) is 6.54 Å². The molecule has 4 amide bonds. The Kier molecular flexibility index (Phi) is 3.28. The molecule has 0 aromatic rings. The molecule has 2 rings (SSSR count). The predicted octanol–water partition coefficient (Wildman–Crippen LogP) is 0.363. The van der Waals surface area contributed by atoms with E-state index >= 15 is 0 Å². The maximum absolute atomic E-state index is 12.3. The van der Waals surface area contributed by atoms with E-state index in [2.05, 4.69) is 5.32 Å². The first-order valence-corrected chi connectivity index (χ1v) is 6.37. The van der Waals surface area contributed by atoms with Crippen molar-refractivity contribution in [3.05, 3.63) is 0 Å². The van der Waals surface area contributed by atoms with E-state index in [4.69, 9.17) is 5.73 Å². The summed E-state index contributed by atoms with van der Waals surface area (Å²) in [5.74, 6) is -0.842. The molecule has 2 aliphatic rings. The van der Waals surface area contributed by atoms with Crippen LogP contribution in [0.2, 0.25) is 0 Å². The third kappa shape index (κ3) is 2.07. The Bertz CT molecular complexity index is 390. The van der Waals surface area contributed by atoms with Gasteiger partial charge in [0.15, 0.2) is 0 Å². The number of urea groups is 1. The molecular formula is C12H19N3O3. The number of rotatable bonds is 3. The number of amides is 4. The minimum Gasteiger partial charge on any atom is -0.368 e. The Morgan fingerprint density at radius 1 is 1.39 bits per heavy atom. The van der Waals surface area contributed by atoms with Crippen LogP contribution in [0.25, 0.3) is 0 Å². The van der Waals surface area contributed by atoms with Gasteiger partial charge in [0, 0.05) is 0 Å². The Labute approximate surface area is 106 Å². The number of carbonyl (C=O) groups is 3. The monoisotopic (exact) mass is 253 g/mol. The largest absolute Gasteiger partial charge is 0.368 e. The molecule has 0 aromatic carbocycles. The molecule has 1 aliphatic heterocycles. The standard InChI is InChI=1S/C12H19N3O3/c1-12(8-5-3-2-4-6-8)10(17)15(7-9(13)16)11(18)14-12/h8H,2-7H2,1H3,(H2,13,16)(H,14,18). The van der Waals surface area contributed by atoms with Crippen LogP contribution in [0.1, 0.15) is 39.0 Å². The number of nitrogens with one attached hydrogen (secondary N) is 1. The lowest BCUT2D eigenvalue weighted by Crippen LogP contribution is -2.51. The second kappa shape index (κ2) is 4.59. The SMILES string of the molecule is CC1(C2CCCCC2)NC(=O)N(CC(N)=O)C1=O. The number of hydrogen-bond acceptors (Lipinski definition) is 3. The van der Waals surface area contributed by atoms with Crippen molar-refractivity contribution in [3.63, 3.8) is 0 Å². The van der Waals surface area contributed by atoms with Crippen LogP contribution in [-0.2, 0) is 9.59 Å². The van der Waals surface area contributed by atoms with Crippen LogP contribution in [0.3, 0.4) is 0 Å². The summed E-state index contributed by atoms with van der Waals surface area (Å²) in [4.78, 5) is 35.9. The van der Waals surface area contributed by atoms with Crippen molar-refractivity contribution >= 4 is 17.8 Å². The van der Waals surface area contributed by atoms with E-state index in [9.17, 15) is 14.4 Å². The van der Waals surface area contributed by atoms with Crippen molar-refractivity contribution < 1.29 is 14.4 Å². The van der Waals surface area contributed by atoms with E-state index in [1.165, 1.54) is 6.42 Å². The molecular weight excluding hydrogens is 234 g/mol. The fourth-order valence-electron chi connectivity index (χ4n) is 2.97. The molecule has 1 saturated heterocycles. The minimum atomic E-state index is -0.868. The average Bonchev–Trinajstić information content (AvgIpc) is 2.55. The molecule has 100 valence electrons. The van der Waals surface area contributed by atoms with Gasteiger partial charge in [-0.25, -0.2) is 4.79 Å². The van der Waals surface area contributed by atoms with E-state index in [0.29, 0.717) is 0 Å². The zero-order valence-electron chi connectivity index (χ0n) is 10.6. The minimum absolute atomic E-state index is 0.153. The van der Waals surface area contributed by atoms with Crippen molar-refractivity contribution in [1.82, 2.24) is 10.2 Å². The van der Waals surface area contributed by atoms with Gasteiger partial charge in [0.2, 0.25) is 5.91 Å². The van der Waals surface area contributed by atoms with Crippen molar-refractivity contribution in [1.29, 1.82) is 0 Å². The van der Waals surface area contributed by atoms with Gasteiger partial charge >= 0.3 is 6.03 Å². The van der Waals surface area contributed by atoms with Gasteiger partial charge in [0.1, 0.15) is 12.1 Å². The van der Waals surface area contributed by atoms with E-state index in [1.807, 2.05) is 0 Å². The molecule has 0 spiro atoms. The highest BCUT2D eigenvalue weighted by atomic mass is 16.2. The summed E-state index contributed by atoms with van der Waals surface area (Å²) in [5, 5.41) is 2.73. The van der Waals surface area contributed by atoms with Crippen LogP contribution in [0.15, 0.2) is 0 Å². The number of imide groups is 1. The number of hydrogen-bond donors (Lipinski definition) is 2. The molecule has 1 atom stereocenters. The third-order valence-corrected chi connectivity index (χ3v) is 4.04. The fourth-order valence-corrected chi connectivity index (χ4v) is 2.97. The van der Waals surface area contributed by atoms with Gasteiger partial charge in [-0.1, -0.05) is 19.3 Å². The maximum atomic E-state index is 12.3. The molecule has 2 fully saturated rings. The summed E-state index contributed by atoms with van der Waals surface area (Å²) in [6.45, 7) is 1.41. The summed E-state index contributed by atoms with van der Waals surface area (Å²) < 4.78 is 0. The average molecular weight is 253 g/mol. The van der Waals surface area contributed by atoms with E-state index in [-0.39, 0.29) is 18.4 Å². The quantitative estimate of drug-likeness (QED) is 0.711. The normalized spacial score (nSPS) is 29.5. The van der Waals surface area contributed by atoms with Gasteiger partial charge in [-0.05, 0) is 25.7 Å². The van der Waals surface area contributed by atoms with Crippen molar-refractivity contribution in [2.24, 2.45) is 11.7 Å². The number of carbonyl (C=O) groups excluding carboxylic acids is 3. The Morgan fingerprint density at radius 3 is 2.56 bits per heavy atom. The van der Waals surface area contributed by atoms with Crippen molar-refractivity contribution in [2.45, 2.75) is 44.6 Å². The zero-order chi connectivity index (χ0) is 13.3. The molecule has 0 bridgehead atoms. The Hall–Kier alpha value is -1.59. The first-order valence-electron chi connectivity index (χ1n) is 6.37. The first-order chi connectivity index (χ1) is 8.45. The van der Waals surface area contributed by atoms with Crippen LogP contribution >= 0.6 is 0 Å². The fraction of sp³-hybridized carbons (Fsp3) is 0.750. The van der Waals surface area contributed by atoms with Gasteiger partial charge in [-0.2, -0.15) is 0 Å². The molecule has 6 nitrogen and oxygen atoms in total. The maximum Gasteiger partial charge on any atom is 0.325 e. The van der Waals surface area contributed by atoms with E-state index in [0.717, 1.165) is 30.6 Å². The molecule has 1 aliphatic carbocycles. The molecule has 1 heterocycles. The molecule has 3 N–H and O–H groups in total. The molecule has 6 heteroatoms. The molecule has 18 heavy (non-hydrogen) atoms. The van der Waals surface area contributed by atoms with Gasteiger partial charge in [-0.15, -0.1) is 0 Å². The van der Waals surface area contributed by atoms with Crippen LogP contribution in [0, 0.1) is 5.92 Å². The Morgan fingerprint density at radius 2 is 2.00 bits per heavy atom. The summed E-state index contributed by atoms with van der Waals surface area (Å²) >= 11 is 0. The van der Waals surface area contributed by atoms with E-state index in [1.54, 1.807) is 6.92 Å². The molecule has 0 aromatic heterocycles. The number of primary amides is 1. The highest BCUT2D eigenvalue weighted by Crippen LogP contribution is 2.36. The summed E-state index contributed by atoms with van der Waals surface area (Å²) in [5.41, 5.74) is 4.18. The van der Waals surface area contributed by atoms with Crippen molar-refractivity contribution in [3.8, 4) is 0 Å². The van der Waals surface area contributed by atoms with E-state index < -0.39 is 17.5 Å². The third-order valence-electron chi connectivity index (χ3n) is 4.04. The lowest BCUT2D eigenvalue weighted by Gasteiger charge is -2.34. The molecule has 0 radical (unpaired) electrons. The van der Waals surface area contributed by atoms with Crippen LogP contribution in [-0.4, -0.2) is 34.8 Å². The predicted molar refractivity (Wildman–Crippen MR) is 64.4 cm³/mol. The van der Waals surface area contributed by atoms with Crippen LogP contribution in [0.4, 0.5) is 4.79 Å². The summed E-state index contributed by atoms with van der Waals surface area (Å²) in [7, 11) is 0. The topological polar surface area (TPSA) is 92.5 Å². The lowest BCUT2D eigenvalue weighted by molar-refractivity contribution is -0.135. The number of nitrogens with zero attached hydrogens (tertiary/aromatic N) is 1. The van der Waals surface area contributed by atoms with Gasteiger partial charge in [0.25, 0.3) is 5.91 Å².